The molecule has 1 heterocycles. The zero-order chi connectivity index (χ0) is 19.4. The molecule has 27 heavy (non-hydrogen) atoms. The molecule has 0 saturated carbocycles. The number of hydrogen-bond acceptors (Lipinski definition) is 7. The smallest absolute Gasteiger partial charge is 0.269 e. The summed E-state index contributed by atoms with van der Waals surface area (Å²) in [6.07, 6.45) is 0. The van der Waals surface area contributed by atoms with Crippen LogP contribution >= 0.6 is 11.8 Å². The van der Waals surface area contributed by atoms with E-state index in [-0.39, 0.29) is 23.4 Å². The lowest BCUT2D eigenvalue weighted by atomic mass is 10.1. The molecule has 8 nitrogen and oxygen atoms in total. The molecule has 0 aliphatic heterocycles. The molecule has 140 valence electrons. The van der Waals surface area contributed by atoms with Gasteiger partial charge in [0.25, 0.3) is 5.69 Å². The third-order valence-electron chi connectivity index (χ3n) is 3.75. The van der Waals surface area contributed by atoms with Gasteiger partial charge in [-0.1, -0.05) is 23.9 Å². The normalized spacial score (nSPS) is 11.9. The number of nitrogens with two attached hydrogens (primary N) is 1. The molecule has 2 N–H and O–H groups in total. The molecule has 0 radical (unpaired) electrons. The van der Waals surface area contributed by atoms with Crippen LogP contribution in [0.4, 0.5) is 10.1 Å². The maximum atomic E-state index is 12.9. The van der Waals surface area contributed by atoms with Crippen LogP contribution in [0.1, 0.15) is 23.6 Å². The Morgan fingerprint density at radius 1 is 1.30 bits per heavy atom. The summed E-state index contributed by atoms with van der Waals surface area (Å²) in [5.74, 6) is 6.55. The van der Waals surface area contributed by atoms with E-state index in [1.54, 1.807) is 12.1 Å². The third kappa shape index (κ3) is 4.53. The van der Waals surface area contributed by atoms with Crippen LogP contribution in [0.2, 0.25) is 0 Å². The molecule has 0 amide bonds. The third-order valence-corrected chi connectivity index (χ3v) is 4.86. The first-order chi connectivity index (χ1) is 12.9. The Bertz CT molecular complexity index is 948. The summed E-state index contributed by atoms with van der Waals surface area (Å²) >= 11 is 1.32. The van der Waals surface area contributed by atoms with Crippen LogP contribution in [-0.2, 0) is 6.61 Å². The van der Waals surface area contributed by atoms with E-state index < -0.39 is 4.92 Å². The van der Waals surface area contributed by atoms with Crippen molar-refractivity contribution >= 4 is 17.4 Å². The molecule has 1 aromatic heterocycles. The summed E-state index contributed by atoms with van der Waals surface area (Å²) in [6, 6.07) is 12.0. The van der Waals surface area contributed by atoms with E-state index in [4.69, 9.17) is 10.6 Å². The fraction of sp³-hybridized carbons (Fsp3) is 0.176. The lowest BCUT2D eigenvalue weighted by Crippen LogP contribution is -2.16. The van der Waals surface area contributed by atoms with E-state index in [2.05, 4.69) is 10.2 Å². The number of nitrogens with zero attached hydrogens (tertiary/aromatic N) is 4. The SMILES string of the molecule is CC(Sc1nnc(COc2ccc(F)cc2)n1N)c1cccc([N+](=O)[O-])c1. The van der Waals surface area contributed by atoms with Gasteiger partial charge in [-0.25, -0.2) is 9.07 Å². The van der Waals surface area contributed by atoms with Crippen molar-refractivity contribution in [2.75, 3.05) is 5.84 Å². The van der Waals surface area contributed by atoms with Gasteiger partial charge in [0.2, 0.25) is 5.16 Å². The fourth-order valence-electron chi connectivity index (χ4n) is 2.28. The predicted molar refractivity (Wildman–Crippen MR) is 98.3 cm³/mol. The van der Waals surface area contributed by atoms with Crippen LogP contribution in [0.15, 0.2) is 53.7 Å². The number of nitro benzene ring substituents is 1. The van der Waals surface area contributed by atoms with Gasteiger partial charge in [-0.15, -0.1) is 10.2 Å². The second-order valence-corrected chi connectivity index (χ2v) is 6.93. The van der Waals surface area contributed by atoms with Crippen molar-refractivity contribution < 1.29 is 14.1 Å². The Labute approximate surface area is 158 Å². The van der Waals surface area contributed by atoms with Gasteiger partial charge < -0.3 is 10.6 Å². The molecule has 1 unspecified atom stereocenters. The van der Waals surface area contributed by atoms with Gasteiger partial charge in [-0.05, 0) is 36.8 Å². The predicted octanol–water partition coefficient (Wildman–Crippen LogP) is 3.47. The van der Waals surface area contributed by atoms with Crippen LogP contribution in [0.25, 0.3) is 0 Å². The van der Waals surface area contributed by atoms with E-state index in [0.29, 0.717) is 16.7 Å². The second kappa shape index (κ2) is 8.04. The largest absolute Gasteiger partial charge is 0.486 e. The summed E-state index contributed by atoms with van der Waals surface area (Å²) in [5, 5.41) is 19.3. The van der Waals surface area contributed by atoms with Crippen molar-refractivity contribution in [3.05, 3.63) is 75.9 Å². The first-order valence-electron chi connectivity index (χ1n) is 7.93. The van der Waals surface area contributed by atoms with Crippen molar-refractivity contribution in [3.63, 3.8) is 0 Å². The molecule has 0 spiro atoms. The number of non-ortho nitro benzene ring substituents is 1. The van der Waals surface area contributed by atoms with Gasteiger partial charge >= 0.3 is 0 Å². The fourth-order valence-corrected chi connectivity index (χ4v) is 3.19. The monoisotopic (exact) mass is 389 g/mol. The van der Waals surface area contributed by atoms with E-state index in [1.807, 2.05) is 6.92 Å². The molecule has 0 bridgehead atoms. The summed E-state index contributed by atoms with van der Waals surface area (Å²) in [5.41, 5.74) is 0.809. The standard InChI is InChI=1S/C17H16FN5O3S/c1-11(12-3-2-4-14(9-12)23(24)25)27-17-21-20-16(22(17)19)10-26-15-7-5-13(18)6-8-15/h2-9,11H,10,19H2,1H3. The minimum absolute atomic E-state index is 0.0301. The first-order valence-corrected chi connectivity index (χ1v) is 8.80. The Kier molecular flexibility index (Phi) is 5.55. The first kappa shape index (κ1) is 18.6. The van der Waals surface area contributed by atoms with Gasteiger partial charge in [0.05, 0.1) is 4.92 Å². The molecule has 0 aliphatic carbocycles. The van der Waals surface area contributed by atoms with Crippen molar-refractivity contribution in [1.82, 2.24) is 14.9 Å². The molecule has 0 aliphatic rings. The second-order valence-electron chi connectivity index (χ2n) is 5.62. The number of aromatic nitrogens is 3. The summed E-state index contributed by atoms with van der Waals surface area (Å²) < 4.78 is 19.7. The maximum absolute atomic E-state index is 12.9. The Balaban J connectivity index is 1.67. The summed E-state index contributed by atoms with van der Waals surface area (Å²) in [6.45, 7) is 1.97. The van der Waals surface area contributed by atoms with E-state index in [1.165, 1.54) is 52.8 Å². The van der Waals surface area contributed by atoms with Crippen LogP contribution in [-0.4, -0.2) is 19.8 Å². The number of ether oxygens (including phenoxy) is 1. The van der Waals surface area contributed by atoms with Crippen molar-refractivity contribution in [2.24, 2.45) is 0 Å². The van der Waals surface area contributed by atoms with Crippen LogP contribution < -0.4 is 10.6 Å². The van der Waals surface area contributed by atoms with Crippen LogP contribution in [0.5, 0.6) is 5.75 Å². The van der Waals surface area contributed by atoms with Crippen LogP contribution in [0, 0.1) is 15.9 Å². The van der Waals surface area contributed by atoms with Gasteiger partial charge in [0.15, 0.2) is 5.82 Å². The summed E-state index contributed by atoms with van der Waals surface area (Å²) in [7, 11) is 0. The molecule has 2 aromatic carbocycles. The quantitative estimate of drug-likeness (QED) is 0.285. The molecular weight excluding hydrogens is 373 g/mol. The molecule has 1 atom stereocenters. The van der Waals surface area contributed by atoms with Crippen molar-refractivity contribution in [2.45, 2.75) is 23.9 Å². The molecule has 3 aromatic rings. The molecule has 10 heteroatoms. The number of hydrogen-bond donors (Lipinski definition) is 1. The highest BCUT2D eigenvalue weighted by molar-refractivity contribution is 7.99. The Morgan fingerprint density at radius 2 is 2.04 bits per heavy atom. The van der Waals surface area contributed by atoms with E-state index >= 15 is 0 Å². The minimum atomic E-state index is -0.433. The minimum Gasteiger partial charge on any atom is -0.486 e. The van der Waals surface area contributed by atoms with E-state index in [0.717, 1.165) is 5.56 Å². The lowest BCUT2D eigenvalue weighted by molar-refractivity contribution is -0.384. The Hall–Kier alpha value is -3.14. The zero-order valence-corrected chi connectivity index (χ0v) is 15.1. The van der Waals surface area contributed by atoms with Gasteiger partial charge in [0.1, 0.15) is 18.2 Å². The molecule has 0 fully saturated rings. The maximum Gasteiger partial charge on any atom is 0.269 e. The number of halogens is 1. The van der Waals surface area contributed by atoms with E-state index in [9.17, 15) is 14.5 Å². The number of benzene rings is 2. The number of nitro groups is 1. The average molecular weight is 389 g/mol. The highest BCUT2D eigenvalue weighted by Gasteiger charge is 2.17. The van der Waals surface area contributed by atoms with Gasteiger partial charge in [-0.2, -0.15) is 0 Å². The number of rotatable bonds is 7. The highest BCUT2D eigenvalue weighted by Crippen LogP contribution is 2.34. The average Bonchev–Trinajstić information content (AvgIpc) is 3.01. The highest BCUT2D eigenvalue weighted by atomic mass is 32.2. The number of thioether (sulfide) groups is 1. The van der Waals surface area contributed by atoms with Gasteiger partial charge in [-0.3, -0.25) is 10.1 Å². The zero-order valence-electron chi connectivity index (χ0n) is 14.3. The number of nitrogen functional groups attached to an aromatic ring is 1. The molecule has 0 saturated heterocycles. The lowest BCUT2D eigenvalue weighted by Gasteiger charge is -2.11. The van der Waals surface area contributed by atoms with Crippen molar-refractivity contribution in [1.29, 1.82) is 0 Å². The molecular formula is C17H16FN5O3S. The summed E-state index contributed by atoms with van der Waals surface area (Å²) in [4.78, 5) is 10.5. The van der Waals surface area contributed by atoms with Gasteiger partial charge in [0, 0.05) is 17.4 Å². The Morgan fingerprint density at radius 3 is 2.74 bits per heavy atom. The van der Waals surface area contributed by atoms with Crippen molar-refractivity contribution in [3.8, 4) is 5.75 Å². The topological polar surface area (TPSA) is 109 Å². The van der Waals surface area contributed by atoms with Crippen LogP contribution in [0.3, 0.4) is 0 Å². The molecule has 3 rings (SSSR count).